The highest BCUT2D eigenvalue weighted by atomic mass is 16.5. The molecule has 0 spiro atoms. The first-order valence-corrected chi connectivity index (χ1v) is 12.6. The fourth-order valence-electron chi connectivity index (χ4n) is 4.81. The third-order valence-corrected chi connectivity index (χ3v) is 6.70. The van der Waals surface area contributed by atoms with Gasteiger partial charge in [-0.3, -0.25) is 19.7 Å². The number of aryl methyl sites for hydroxylation is 3. The standard InChI is InChI=1S/C26H34N8O3/c1-7-36-25-18-8-9-20-19-12-21(27-17(4)24(19)29-28-20)23-16(3)30-33(6)26(23)37-11-10-32(5)13-22(18)34(31-25)15(2)14-35/h8-9,12,15,35H,7,10-11,13-14H2,1-6H3,(H,28,29)/b9-8+. The predicted octanol–water partition coefficient (Wildman–Crippen LogP) is 3.12. The van der Waals surface area contributed by atoms with E-state index in [-0.39, 0.29) is 12.6 Å². The minimum Gasteiger partial charge on any atom is -0.476 e. The molecule has 5 heterocycles. The predicted molar refractivity (Wildman–Crippen MR) is 142 cm³/mol. The van der Waals surface area contributed by atoms with Crippen LogP contribution in [0.25, 0.3) is 34.3 Å². The minimum absolute atomic E-state index is 0.0287. The molecule has 0 amide bonds. The Morgan fingerprint density at radius 1 is 1.19 bits per heavy atom. The van der Waals surface area contributed by atoms with Gasteiger partial charge in [0.2, 0.25) is 11.8 Å². The first-order chi connectivity index (χ1) is 17.8. The molecule has 0 fully saturated rings. The summed E-state index contributed by atoms with van der Waals surface area (Å²) in [6.07, 6.45) is 4.02. The second-order valence-corrected chi connectivity index (χ2v) is 9.51. The van der Waals surface area contributed by atoms with Gasteiger partial charge in [0.05, 0.1) is 58.9 Å². The zero-order chi connectivity index (χ0) is 26.3. The van der Waals surface area contributed by atoms with Crippen molar-refractivity contribution in [2.75, 3.05) is 33.4 Å². The molecule has 1 aliphatic rings. The van der Waals surface area contributed by atoms with E-state index in [1.54, 1.807) is 4.68 Å². The van der Waals surface area contributed by atoms with Crippen molar-refractivity contribution in [3.63, 3.8) is 0 Å². The van der Waals surface area contributed by atoms with Gasteiger partial charge in [0, 0.05) is 25.5 Å². The van der Waals surface area contributed by atoms with Gasteiger partial charge in [0.25, 0.3) is 0 Å². The summed E-state index contributed by atoms with van der Waals surface area (Å²) < 4.78 is 15.9. The molecule has 0 saturated heterocycles. The van der Waals surface area contributed by atoms with Crippen molar-refractivity contribution < 1.29 is 14.6 Å². The van der Waals surface area contributed by atoms with Crippen LogP contribution in [0.15, 0.2) is 6.07 Å². The summed E-state index contributed by atoms with van der Waals surface area (Å²) in [6.45, 7) is 10.0. The molecule has 0 aliphatic carbocycles. The van der Waals surface area contributed by atoms with E-state index < -0.39 is 0 Å². The molecule has 11 nitrogen and oxygen atoms in total. The Morgan fingerprint density at radius 2 is 2.00 bits per heavy atom. The average molecular weight is 507 g/mol. The molecule has 1 unspecified atom stereocenters. The summed E-state index contributed by atoms with van der Waals surface area (Å²) in [5.41, 5.74) is 6.85. The average Bonchev–Trinajstić information content (AvgIpc) is 3.51. The minimum atomic E-state index is -0.202. The Hall–Kier alpha value is -3.70. The van der Waals surface area contributed by atoms with Crippen molar-refractivity contribution in [1.29, 1.82) is 0 Å². The molecule has 1 aliphatic heterocycles. The van der Waals surface area contributed by atoms with Gasteiger partial charge in [-0.05, 0) is 53.0 Å². The molecular formula is C26H34N8O3. The number of likely N-dealkylation sites (N-methyl/N-ethyl adjacent to an activating group) is 1. The number of aliphatic hydroxyl groups excluding tert-OH is 1. The van der Waals surface area contributed by atoms with Gasteiger partial charge in [-0.25, -0.2) is 4.68 Å². The topological polar surface area (TPSA) is 119 Å². The second kappa shape index (κ2) is 9.98. The number of hydrogen-bond donors (Lipinski definition) is 2. The zero-order valence-electron chi connectivity index (χ0n) is 22.2. The number of aromatic nitrogens is 7. The van der Waals surface area contributed by atoms with E-state index in [1.807, 2.05) is 64.7 Å². The van der Waals surface area contributed by atoms with E-state index in [4.69, 9.17) is 19.6 Å². The van der Waals surface area contributed by atoms with Gasteiger partial charge < -0.3 is 14.6 Å². The lowest BCUT2D eigenvalue weighted by molar-refractivity contribution is 0.204. The summed E-state index contributed by atoms with van der Waals surface area (Å²) >= 11 is 0. The quantitative estimate of drug-likeness (QED) is 0.433. The van der Waals surface area contributed by atoms with Crippen LogP contribution in [0.1, 0.15) is 48.2 Å². The van der Waals surface area contributed by atoms with Gasteiger partial charge in [0.15, 0.2) is 0 Å². The number of rotatable bonds is 4. The van der Waals surface area contributed by atoms with Crippen LogP contribution >= 0.6 is 0 Å². The number of nitrogens with one attached hydrogen (secondary N) is 1. The van der Waals surface area contributed by atoms with Crippen molar-refractivity contribution >= 4 is 23.1 Å². The number of fused-ring (bicyclic) bond motifs is 4. The monoisotopic (exact) mass is 506 g/mol. The van der Waals surface area contributed by atoms with Crippen molar-refractivity contribution in [3.05, 3.63) is 34.4 Å². The van der Waals surface area contributed by atoms with Crippen LogP contribution in [0.4, 0.5) is 0 Å². The van der Waals surface area contributed by atoms with Crippen LogP contribution in [-0.2, 0) is 13.6 Å². The Labute approximate surface area is 215 Å². The molecule has 5 rings (SSSR count). The number of aliphatic hydroxyl groups is 1. The maximum absolute atomic E-state index is 9.92. The number of ether oxygens (including phenoxy) is 2. The molecule has 1 atom stereocenters. The largest absolute Gasteiger partial charge is 0.476 e. The van der Waals surface area contributed by atoms with Gasteiger partial charge in [0.1, 0.15) is 12.1 Å². The van der Waals surface area contributed by atoms with Crippen molar-refractivity contribution in [1.82, 2.24) is 39.6 Å². The Morgan fingerprint density at radius 3 is 2.76 bits per heavy atom. The van der Waals surface area contributed by atoms with Crippen molar-refractivity contribution in [3.8, 4) is 23.0 Å². The van der Waals surface area contributed by atoms with Crippen molar-refractivity contribution in [2.45, 2.75) is 40.3 Å². The Kier molecular flexibility index (Phi) is 6.74. The zero-order valence-corrected chi connectivity index (χ0v) is 22.2. The van der Waals surface area contributed by atoms with Gasteiger partial charge in [-0.1, -0.05) is 0 Å². The number of aromatic amines is 1. The summed E-state index contributed by atoms with van der Waals surface area (Å²) in [6, 6.07) is 1.84. The van der Waals surface area contributed by atoms with Crippen LogP contribution < -0.4 is 9.47 Å². The maximum Gasteiger partial charge on any atom is 0.240 e. The first kappa shape index (κ1) is 25.0. The lowest BCUT2D eigenvalue weighted by Crippen LogP contribution is -2.27. The molecule has 0 saturated carbocycles. The van der Waals surface area contributed by atoms with E-state index in [1.165, 1.54) is 0 Å². The Balaban J connectivity index is 1.72. The number of nitrogens with zero attached hydrogens (tertiary/aromatic N) is 7. The second-order valence-electron chi connectivity index (χ2n) is 9.51. The first-order valence-electron chi connectivity index (χ1n) is 12.6. The number of pyridine rings is 1. The van der Waals surface area contributed by atoms with E-state index in [0.717, 1.165) is 50.5 Å². The third-order valence-electron chi connectivity index (χ3n) is 6.70. The van der Waals surface area contributed by atoms with Crippen LogP contribution in [-0.4, -0.2) is 78.2 Å². The number of H-pyrrole nitrogens is 1. The Bertz CT molecular complexity index is 1460. The van der Waals surface area contributed by atoms with E-state index in [0.29, 0.717) is 38.1 Å². The summed E-state index contributed by atoms with van der Waals surface area (Å²) in [5.74, 6) is 1.23. The third kappa shape index (κ3) is 4.49. The highest BCUT2D eigenvalue weighted by Crippen LogP contribution is 2.35. The summed E-state index contributed by atoms with van der Waals surface area (Å²) in [4.78, 5) is 7.03. The van der Waals surface area contributed by atoms with E-state index >= 15 is 0 Å². The fourth-order valence-corrected chi connectivity index (χ4v) is 4.81. The smallest absolute Gasteiger partial charge is 0.240 e. The highest BCUT2D eigenvalue weighted by Gasteiger charge is 2.24. The summed E-state index contributed by atoms with van der Waals surface area (Å²) in [7, 11) is 3.93. The molecular weight excluding hydrogens is 472 g/mol. The van der Waals surface area contributed by atoms with Gasteiger partial charge in [-0.15, -0.1) is 5.10 Å². The lowest BCUT2D eigenvalue weighted by atomic mass is 10.1. The molecule has 37 heavy (non-hydrogen) atoms. The van der Waals surface area contributed by atoms with Crippen LogP contribution in [0, 0.1) is 13.8 Å². The summed E-state index contributed by atoms with van der Waals surface area (Å²) in [5, 5.41) is 27.9. The van der Waals surface area contributed by atoms with E-state index in [2.05, 4.69) is 20.2 Å². The maximum atomic E-state index is 9.92. The van der Waals surface area contributed by atoms with Gasteiger partial charge >= 0.3 is 0 Å². The molecule has 4 aromatic rings. The normalized spacial score (nSPS) is 16.1. The molecule has 4 aromatic heterocycles. The van der Waals surface area contributed by atoms with E-state index in [9.17, 15) is 5.11 Å². The molecule has 11 heteroatoms. The SMILES string of the molecule is CCOc1nn(C(C)CO)c2c1/C=C/c1[nH]nc3c(C)nc(cc13)-c1c(C)nn(C)c1OCCN(C)C2. The van der Waals surface area contributed by atoms with Crippen molar-refractivity contribution in [2.24, 2.45) is 7.05 Å². The lowest BCUT2D eigenvalue weighted by Gasteiger charge is -2.20. The number of hydrogen-bond acceptors (Lipinski definition) is 8. The highest BCUT2D eigenvalue weighted by molar-refractivity contribution is 5.93. The van der Waals surface area contributed by atoms with Crippen LogP contribution in [0.3, 0.4) is 0 Å². The van der Waals surface area contributed by atoms with Crippen LogP contribution in [0.5, 0.6) is 11.8 Å². The fraction of sp³-hybridized carbons (Fsp3) is 0.462. The molecule has 0 aromatic carbocycles. The van der Waals surface area contributed by atoms with Gasteiger partial charge in [-0.2, -0.15) is 10.2 Å². The molecule has 2 bridgehead atoms. The molecule has 0 radical (unpaired) electrons. The molecule has 196 valence electrons. The van der Waals surface area contributed by atoms with Crippen LogP contribution in [0.2, 0.25) is 0 Å². The molecule has 2 N–H and O–H groups in total.